The summed E-state index contributed by atoms with van der Waals surface area (Å²) in [5.41, 5.74) is 4.46. The first kappa shape index (κ1) is 24.6. The number of ether oxygens (including phenoxy) is 3. The molecule has 0 amide bonds. The molecule has 190 valence electrons. The molecule has 2 heterocycles. The second-order valence-corrected chi connectivity index (χ2v) is 8.97. The Morgan fingerprint density at radius 1 is 0.703 bits per heavy atom. The molecule has 1 fully saturated rings. The van der Waals surface area contributed by atoms with Gasteiger partial charge in [-0.15, -0.1) is 0 Å². The lowest BCUT2D eigenvalue weighted by atomic mass is 10.1. The molecule has 1 aliphatic rings. The van der Waals surface area contributed by atoms with E-state index in [4.69, 9.17) is 24.2 Å². The molecule has 1 aromatic heterocycles. The number of hydrogen-bond donors (Lipinski definition) is 1. The summed E-state index contributed by atoms with van der Waals surface area (Å²) in [5, 5.41) is 3.36. The fourth-order valence-corrected chi connectivity index (χ4v) is 4.38. The molecule has 0 saturated carbocycles. The average Bonchev–Trinajstić information content (AvgIpc) is 3.47. The van der Waals surface area contributed by atoms with Gasteiger partial charge >= 0.3 is 0 Å². The number of rotatable bonds is 10. The summed E-state index contributed by atoms with van der Waals surface area (Å²) in [6.45, 7) is 4.03. The standard InChI is InChI=1S/C30H32N4O3/c1-35-25-11-5-22(6-12-25)28-21-29(23-7-13-26(36-2)14-8-23)33-30(32-28)31-24-9-15-27(16-10-24)37-20-19-34-17-3-4-18-34/h5-16,21H,3-4,17-20H2,1-2H3,(H,31,32,33). The predicted octanol–water partition coefficient (Wildman–Crippen LogP) is 6.05. The molecule has 1 saturated heterocycles. The van der Waals surface area contributed by atoms with Gasteiger partial charge in [-0.1, -0.05) is 0 Å². The van der Waals surface area contributed by atoms with Gasteiger partial charge in [0, 0.05) is 23.4 Å². The van der Waals surface area contributed by atoms with Crippen LogP contribution in [0.5, 0.6) is 17.2 Å². The Labute approximate surface area is 218 Å². The van der Waals surface area contributed by atoms with Gasteiger partial charge in [0.15, 0.2) is 0 Å². The van der Waals surface area contributed by atoms with Crippen molar-refractivity contribution in [3.05, 3.63) is 78.9 Å². The van der Waals surface area contributed by atoms with Crippen LogP contribution in [0.25, 0.3) is 22.5 Å². The smallest absolute Gasteiger partial charge is 0.228 e. The van der Waals surface area contributed by atoms with Gasteiger partial charge < -0.3 is 19.5 Å². The Hall–Kier alpha value is -4.10. The molecule has 4 aromatic rings. The van der Waals surface area contributed by atoms with Crippen LogP contribution in [0, 0.1) is 0 Å². The predicted molar refractivity (Wildman–Crippen MR) is 147 cm³/mol. The molecule has 0 spiro atoms. The summed E-state index contributed by atoms with van der Waals surface area (Å²) in [5.74, 6) is 2.97. The van der Waals surface area contributed by atoms with Crippen molar-refractivity contribution in [3.8, 4) is 39.8 Å². The van der Waals surface area contributed by atoms with Crippen LogP contribution in [0.4, 0.5) is 11.6 Å². The lowest BCUT2D eigenvalue weighted by molar-refractivity contribution is 0.238. The number of anilines is 2. The Morgan fingerprint density at radius 3 is 1.73 bits per heavy atom. The quantitative estimate of drug-likeness (QED) is 0.287. The maximum Gasteiger partial charge on any atom is 0.228 e. The first-order valence-electron chi connectivity index (χ1n) is 12.6. The molecule has 0 radical (unpaired) electrons. The van der Waals surface area contributed by atoms with Gasteiger partial charge in [0.2, 0.25) is 5.95 Å². The summed E-state index contributed by atoms with van der Waals surface area (Å²) in [6, 6.07) is 25.6. The van der Waals surface area contributed by atoms with Gasteiger partial charge in [-0.05, 0) is 105 Å². The lowest BCUT2D eigenvalue weighted by Crippen LogP contribution is -2.25. The molecule has 7 heteroatoms. The second-order valence-electron chi connectivity index (χ2n) is 8.97. The minimum atomic E-state index is 0.516. The van der Waals surface area contributed by atoms with E-state index in [1.807, 2.05) is 78.9 Å². The zero-order valence-electron chi connectivity index (χ0n) is 21.3. The third-order valence-corrected chi connectivity index (χ3v) is 6.48. The van der Waals surface area contributed by atoms with E-state index in [0.717, 1.165) is 52.0 Å². The van der Waals surface area contributed by atoms with Crippen molar-refractivity contribution in [2.75, 3.05) is 45.8 Å². The highest BCUT2D eigenvalue weighted by Gasteiger charge is 2.12. The number of likely N-dealkylation sites (tertiary alicyclic amines) is 1. The van der Waals surface area contributed by atoms with E-state index in [1.54, 1.807) is 14.2 Å². The van der Waals surface area contributed by atoms with Crippen LogP contribution >= 0.6 is 0 Å². The SMILES string of the molecule is COc1ccc(-c2cc(-c3ccc(OC)cc3)nc(Nc3ccc(OCCN4CCCC4)cc3)n2)cc1. The van der Waals surface area contributed by atoms with E-state index in [1.165, 1.54) is 25.9 Å². The zero-order valence-corrected chi connectivity index (χ0v) is 21.3. The Bertz CT molecular complexity index is 1220. The highest BCUT2D eigenvalue weighted by molar-refractivity contribution is 5.71. The Kier molecular flexibility index (Phi) is 7.81. The number of aromatic nitrogens is 2. The average molecular weight is 497 g/mol. The van der Waals surface area contributed by atoms with Crippen molar-refractivity contribution in [1.82, 2.24) is 14.9 Å². The third kappa shape index (κ3) is 6.37. The van der Waals surface area contributed by atoms with E-state index >= 15 is 0 Å². The molecule has 0 unspecified atom stereocenters. The highest BCUT2D eigenvalue weighted by Crippen LogP contribution is 2.29. The largest absolute Gasteiger partial charge is 0.497 e. The van der Waals surface area contributed by atoms with Crippen LogP contribution in [0.15, 0.2) is 78.9 Å². The van der Waals surface area contributed by atoms with Crippen LogP contribution in [-0.4, -0.2) is 55.3 Å². The molecule has 37 heavy (non-hydrogen) atoms. The van der Waals surface area contributed by atoms with Crippen molar-refractivity contribution in [1.29, 1.82) is 0 Å². The number of nitrogens with zero attached hydrogens (tertiary/aromatic N) is 3. The molecule has 0 atom stereocenters. The van der Waals surface area contributed by atoms with Crippen LogP contribution < -0.4 is 19.5 Å². The summed E-state index contributed by atoms with van der Waals surface area (Å²) < 4.78 is 16.6. The molecule has 3 aromatic carbocycles. The Balaban J connectivity index is 1.35. The monoisotopic (exact) mass is 496 g/mol. The Morgan fingerprint density at radius 2 is 1.22 bits per heavy atom. The van der Waals surface area contributed by atoms with E-state index in [-0.39, 0.29) is 0 Å². The minimum absolute atomic E-state index is 0.516. The van der Waals surface area contributed by atoms with Crippen LogP contribution in [0.3, 0.4) is 0 Å². The van der Waals surface area contributed by atoms with Crippen LogP contribution in [0.2, 0.25) is 0 Å². The van der Waals surface area contributed by atoms with Gasteiger partial charge in [0.1, 0.15) is 23.9 Å². The third-order valence-electron chi connectivity index (χ3n) is 6.48. The van der Waals surface area contributed by atoms with E-state index in [0.29, 0.717) is 12.6 Å². The van der Waals surface area contributed by atoms with Crippen molar-refractivity contribution >= 4 is 11.6 Å². The van der Waals surface area contributed by atoms with Gasteiger partial charge in [0.05, 0.1) is 25.6 Å². The first-order chi connectivity index (χ1) is 18.2. The van der Waals surface area contributed by atoms with Gasteiger partial charge in [-0.3, -0.25) is 4.90 Å². The van der Waals surface area contributed by atoms with Gasteiger partial charge in [0.25, 0.3) is 0 Å². The maximum absolute atomic E-state index is 5.94. The summed E-state index contributed by atoms with van der Waals surface area (Å²) >= 11 is 0. The molecular weight excluding hydrogens is 464 g/mol. The summed E-state index contributed by atoms with van der Waals surface area (Å²) in [7, 11) is 3.32. The number of hydrogen-bond acceptors (Lipinski definition) is 7. The molecule has 5 rings (SSSR count). The van der Waals surface area contributed by atoms with Gasteiger partial charge in [-0.25, -0.2) is 9.97 Å². The van der Waals surface area contributed by atoms with Crippen molar-refractivity contribution in [2.24, 2.45) is 0 Å². The molecule has 0 bridgehead atoms. The fourth-order valence-electron chi connectivity index (χ4n) is 4.38. The van der Waals surface area contributed by atoms with E-state index < -0.39 is 0 Å². The second kappa shape index (κ2) is 11.8. The highest BCUT2D eigenvalue weighted by atomic mass is 16.5. The van der Waals surface area contributed by atoms with Crippen molar-refractivity contribution in [2.45, 2.75) is 12.8 Å². The normalized spacial score (nSPS) is 13.4. The number of benzene rings is 3. The molecule has 0 aliphatic carbocycles. The molecular formula is C30H32N4O3. The summed E-state index contributed by atoms with van der Waals surface area (Å²) in [6.07, 6.45) is 2.59. The maximum atomic E-state index is 5.94. The number of nitrogens with one attached hydrogen (secondary N) is 1. The van der Waals surface area contributed by atoms with Gasteiger partial charge in [-0.2, -0.15) is 0 Å². The zero-order chi connectivity index (χ0) is 25.5. The van der Waals surface area contributed by atoms with Crippen LogP contribution in [0.1, 0.15) is 12.8 Å². The molecule has 1 N–H and O–H groups in total. The lowest BCUT2D eigenvalue weighted by Gasteiger charge is -2.15. The van der Waals surface area contributed by atoms with Crippen molar-refractivity contribution < 1.29 is 14.2 Å². The van der Waals surface area contributed by atoms with Crippen molar-refractivity contribution in [3.63, 3.8) is 0 Å². The topological polar surface area (TPSA) is 68.7 Å². The van der Waals surface area contributed by atoms with E-state index in [9.17, 15) is 0 Å². The van der Waals surface area contributed by atoms with E-state index in [2.05, 4.69) is 10.2 Å². The van der Waals surface area contributed by atoms with Crippen LogP contribution in [-0.2, 0) is 0 Å². The number of methoxy groups -OCH3 is 2. The minimum Gasteiger partial charge on any atom is -0.497 e. The first-order valence-corrected chi connectivity index (χ1v) is 12.6. The molecule has 1 aliphatic heterocycles. The molecule has 7 nitrogen and oxygen atoms in total. The fraction of sp³-hybridized carbons (Fsp3) is 0.267. The summed E-state index contributed by atoms with van der Waals surface area (Å²) in [4.78, 5) is 12.1.